The molecule has 6 nitrogen and oxygen atoms in total. The second-order valence-corrected chi connectivity index (χ2v) is 6.82. The third-order valence-electron chi connectivity index (χ3n) is 4.70. The first-order chi connectivity index (χ1) is 11.9. The number of nitrogens with one attached hydrogen (secondary N) is 2. The van der Waals surface area contributed by atoms with E-state index in [1.165, 1.54) is 7.11 Å². The molecule has 2 unspecified atom stereocenters. The summed E-state index contributed by atoms with van der Waals surface area (Å²) in [6.07, 6.45) is 1.62. The highest BCUT2D eigenvalue weighted by atomic mass is 16.5. The van der Waals surface area contributed by atoms with E-state index in [0.717, 1.165) is 31.6 Å². The number of amides is 2. The van der Waals surface area contributed by atoms with E-state index in [2.05, 4.69) is 17.6 Å². The monoisotopic (exact) mass is 347 g/mol. The Balaban J connectivity index is 1.94. The summed E-state index contributed by atoms with van der Waals surface area (Å²) in [5, 5.41) is 6.04. The van der Waals surface area contributed by atoms with Crippen LogP contribution in [0.5, 0.6) is 0 Å². The Morgan fingerprint density at radius 2 is 1.84 bits per heavy atom. The lowest BCUT2D eigenvalue weighted by Gasteiger charge is -2.32. The van der Waals surface area contributed by atoms with Gasteiger partial charge in [0.15, 0.2) is 0 Å². The smallest absolute Gasteiger partial charge is 0.253 e. The van der Waals surface area contributed by atoms with Crippen LogP contribution in [0, 0.1) is 5.92 Å². The molecule has 6 heteroatoms. The summed E-state index contributed by atoms with van der Waals surface area (Å²) in [5.74, 6) is 0.614. The lowest BCUT2D eigenvalue weighted by atomic mass is 9.99. The number of benzene rings is 1. The Kier molecular flexibility index (Phi) is 6.82. The van der Waals surface area contributed by atoms with Crippen LogP contribution in [-0.2, 0) is 14.3 Å². The van der Waals surface area contributed by atoms with Gasteiger partial charge in [0.25, 0.3) is 5.91 Å². The number of ether oxygens (including phenoxy) is 1. The standard InChI is InChI=1S/C19H29N3O3/c1-13-8-10-22(11-9-13)19(24)14(2)20-16-6-5-7-17(12-16)21-18(23)15(3)25-4/h5-7,12-15,20H,8-11H2,1-4H3,(H,21,23). The lowest BCUT2D eigenvalue weighted by Crippen LogP contribution is -2.45. The molecule has 138 valence electrons. The van der Waals surface area contributed by atoms with Gasteiger partial charge < -0.3 is 20.3 Å². The van der Waals surface area contributed by atoms with E-state index in [1.54, 1.807) is 6.92 Å². The van der Waals surface area contributed by atoms with Crippen LogP contribution in [0.15, 0.2) is 24.3 Å². The van der Waals surface area contributed by atoms with Crippen molar-refractivity contribution >= 4 is 23.2 Å². The number of hydrogen-bond acceptors (Lipinski definition) is 4. The molecule has 2 amide bonds. The number of piperidine rings is 1. The first-order valence-corrected chi connectivity index (χ1v) is 8.89. The van der Waals surface area contributed by atoms with E-state index < -0.39 is 6.10 Å². The third-order valence-corrected chi connectivity index (χ3v) is 4.70. The highest BCUT2D eigenvalue weighted by Crippen LogP contribution is 2.19. The molecule has 1 aromatic carbocycles. The first kappa shape index (κ1) is 19.2. The largest absolute Gasteiger partial charge is 0.374 e. The van der Waals surface area contributed by atoms with Gasteiger partial charge in [-0.15, -0.1) is 0 Å². The van der Waals surface area contributed by atoms with Crippen molar-refractivity contribution in [3.63, 3.8) is 0 Å². The fraction of sp³-hybridized carbons (Fsp3) is 0.579. The highest BCUT2D eigenvalue weighted by Gasteiger charge is 2.24. The van der Waals surface area contributed by atoms with E-state index in [9.17, 15) is 9.59 Å². The van der Waals surface area contributed by atoms with Gasteiger partial charge in [0, 0.05) is 31.6 Å². The van der Waals surface area contributed by atoms with E-state index in [1.807, 2.05) is 36.1 Å². The average molecular weight is 347 g/mol. The SMILES string of the molecule is COC(C)C(=O)Nc1cccc(NC(C)C(=O)N2CCC(C)CC2)c1. The predicted molar refractivity (Wildman–Crippen MR) is 99.6 cm³/mol. The maximum Gasteiger partial charge on any atom is 0.253 e. The molecule has 2 atom stereocenters. The van der Waals surface area contributed by atoms with Crippen molar-refractivity contribution in [3.8, 4) is 0 Å². The van der Waals surface area contributed by atoms with Crippen LogP contribution in [-0.4, -0.2) is 49.1 Å². The number of rotatable bonds is 6. The van der Waals surface area contributed by atoms with Crippen molar-refractivity contribution in [3.05, 3.63) is 24.3 Å². The fourth-order valence-electron chi connectivity index (χ4n) is 2.85. The zero-order valence-electron chi connectivity index (χ0n) is 15.5. The van der Waals surface area contributed by atoms with E-state index >= 15 is 0 Å². The number of nitrogens with zero attached hydrogens (tertiary/aromatic N) is 1. The molecule has 1 aliphatic heterocycles. The van der Waals surface area contributed by atoms with Crippen LogP contribution in [0.25, 0.3) is 0 Å². The van der Waals surface area contributed by atoms with E-state index in [-0.39, 0.29) is 17.9 Å². The third kappa shape index (κ3) is 5.46. The Morgan fingerprint density at radius 3 is 2.48 bits per heavy atom. The molecule has 0 saturated carbocycles. The number of carbonyl (C=O) groups excluding carboxylic acids is 2. The number of anilines is 2. The number of likely N-dealkylation sites (tertiary alicyclic amines) is 1. The predicted octanol–water partition coefficient (Wildman–Crippen LogP) is 2.72. The van der Waals surface area contributed by atoms with Crippen molar-refractivity contribution < 1.29 is 14.3 Å². The van der Waals surface area contributed by atoms with Gasteiger partial charge in [0.1, 0.15) is 12.1 Å². The zero-order valence-corrected chi connectivity index (χ0v) is 15.5. The molecule has 0 aliphatic carbocycles. The summed E-state index contributed by atoms with van der Waals surface area (Å²) in [5.41, 5.74) is 1.47. The molecule has 1 saturated heterocycles. The summed E-state index contributed by atoms with van der Waals surface area (Å²) < 4.78 is 5.01. The van der Waals surface area contributed by atoms with Gasteiger partial charge in [-0.25, -0.2) is 0 Å². The molecule has 1 fully saturated rings. The molecule has 2 N–H and O–H groups in total. The summed E-state index contributed by atoms with van der Waals surface area (Å²) >= 11 is 0. The fourth-order valence-corrected chi connectivity index (χ4v) is 2.85. The molecular formula is C19H29N3O3. The van der Waals surface area contributed by atoms with Crippen molar-refractivity contribution in [2.45, 2.75) is 45.8 Å². The van der Waals surface area contributed by atoms with Gasteiger partial charge in [-0.2, -0.15) is 0 Å². The van der Waals surface area contributed by atoms with Crippen LogP contribution < -0.4 is 10.6 Å². The average Bonchev–Trinajstić information content (AvgIpc) is 2.61. The van der Waals surface area contributed by atoms with Gasteiger partial charge in [-0.05, 0) is 50.8 Å². The summed E-state index contributed by atoms with van der Waals surface area (Å²) in [4.78, 5) is 26.4. The Morgan fingerprint density at radius 1 is 1.20 bits per heavy atom. The molecule has 0 spiro atoms. The quantitative estimate of drug-likeness (QED) is 0.830. The topological polar surface area (TPSA) is 70.7 Å². The zero-order chi connectivity index (χ0) is 18.4. The minimum Gasteiger partial charge on any atom is -0.374 e. The van der Waals surface area contributed by atoms with Crippen molar-refractivity contribution in [1.82, 2.24) is 4.90 Å². The van der Waals surface area contributed by atoms with Crippen LogP contribution in [0.4, 0.5) is 11.4 Å². The number of carbonyl (C=O) groups is 2. The van der Waals surface area contributed by atoms with Crippen LogP contribution >= 0.6 is 0 Å². The molecule has 1 heterocycles. The molecular weight excluding hydrogens is 318 g/mol. The van der Waals surface area contributed by atoms with Gasteiger partial charge in [-0.1, -0.05) is 13.0 Å². The summed E-state index contributed by atoms with van der Waals surface area (Å²) in [6.45, 7) is 7.46. The highest BCUT2D eigenvalue weighted by molar-refractivity contribution is 5.94. The molecule has 0 aromatic heterocycles. The molecule has 0 radical (unpaired) electrons. The van der Waals surface area contributed by atoms with Gasteiger partial charge in [-0.3, -0.25) is 9.59 Å². The van der Waals surface area contributed by atoms with Crippen LogP contribution in [0.1, 0.15) is 33.6 Å². The molecule has 2 rings (SSSR count). The lowest BCUT2D eigenvalue weighted by molar-refractivity contribution is -0.133. The minimum atomic E-state index is -0.515. The first-order valence-electron chi connectivity index (χ1n) is 8.89. The van der Waals surface area contributed by atoms with Crippen molar-refractivity contribution in [2.24, 2.45) is 5.92 Å². The molecule has 25 heavy (non-hydrogen) atoms. The normalized spacial score (nSPS) is 17.7. The number of methoxy groups -OCH3 is 1. The van der Waals surface area contributed by atoms with Gasteiger partial charge >= 0.3 is 0 Å². The maximum atomic E-state index is 12.6. The minimum absolute atomic E-state index is 0.120. The Hall–Kier alpha value is -2.08. The summed E-state index contributed by atoms with van der Waals surface area (Å²) in [7, 11) is 1.50. The Labute approximate surface area is 149 Å². The van der Waals surface area contributed by atoms with Gasteiger partial charge in [0.2, 0.25) is 5.91 Å². The van der Waals surface area contributed by atoms with Crippen LogP contribution in [0.3, 0.4) is 0 Å². The van der Waals surface area contributed by atoms with Crippen molar-refractivity contribution in [1.29, 1.82) is 0 Å². The van der Waals surface area contributed by atoms with Gasteiger partial charge in [0.05, 0.1) is 0 Å². The summed E-state index contributed by atoms with van der Waals surface area (Å²) in [6, 6.07) is 7.05. The maximum absolute atomic E-state index is 12.6. The van der Waals surface area contributed by atoms with Crippen molar-refractivity contribution in [2.75, 3.05) is 30.8 Å². The molecule has 1 aliphatic rings. The Bertz CT molecular complexity index is 597. The van der Waals surface area contributed by atoms with E-state index in [4.69, 9.17) is 4.74 Å². The number of hydrogen-bond donors (Lipinski definition) is 2. The second kappa shape index (κ2) is 8.85. The van der Waals surface area contributed by atoms with Crippen LogP contribution in [0.2, 0.25) is 0 Å². The molecule has 1 aromatic rings. The van der Waals surface area contributed by atoms with E-state index in [0.29, 0.717) is 11.6 Å². The molecule has 0 bridgehead atoms. The second-order valence-electron chi connectivity index (χ2n) is 6.82.